The average molecular weight is 254 g/mol. The van der Waals surface area contributed by atoms with Gasteiger partial charge in [0.2, 0.25) is 0 Å². The molecular weight excluding hydrogens is 228 g/mol. The highest BCUT2D eigenvalue weighted by Crippen LogP contribution is 2.54. The van der Waals surface area contributed by atoms with E-state index in [0.29, 0.717) is 17.8 Å². The minimum absolute atomic E-state index is 0.0217. The zero-order valence-corrected chi connectivity index (χ0v) is 12.2. The molecule has 0 N–H and O–H groups in total. The summed E-state index contributed by atoms with van der Waals surface area (Å²) >= 11 is 0. The molecule has 2 aliphatic rings. The normalized spacial score (nSPS) is 39.1. The van der Waals surface area contributed by atoms with Gasteiger partial charge in [0.1, 0.15) is 5.60 Å². The van der Waals surface area contributed by atoms with Crippen molar-refractivity contribution in [1.29, 1.82) is 0 Å². The van der Waals surface area contributed by atoms with Gasteiger partial charge in [0.15, 0.2) is 0 Å². The van der Waals surface area contributed by atoms with E-state index in [1.807, 2.05) is 20.8 Å². The highest BCUT2D eigenvalue weighted by Gasteiger charge is 2.55. The third-order valence-corrected chi connectivity index (χ3v) is 4.55. The van der Waals surface area contributed by atoms with Crippen molar-refractivity contribution in [2.75, 3.05) is 7.11 Å². The van der Waals surface area contributed by atoms with Gasteiger partial charge in [0, 0.05) is 7.11 Å². The number of ether oxygens (including phenoxy) is 2. The largest absolute Gasteiger partial charge is 0.460 e. The van der Waals surface area contributed by atoms with Crippen molar-refractivity contribution in [3.63, 3.8) is 0 Å². The van der Waals surface area contributed by atoms with Crippen LogP contribution in [0.1, 0.15) is 47.0 Å². The Morgan fingerprint density at radius 2 is 1.94 bits per heavy atom. The van der Waals surface area contributed by atoms with Crippen LogP contribution in [0.25, 0.3) is 0 Å². The van der Waals surface area contributed by atoms with Crippen molar-refractivity contribution < 1.29 is 14.3 Å². The molecule has 0 heterocycles. The topological polar surface area (TPSA) is 35.5 Å². The second-order valence-electron chi connectivity index (χ2n) is 6.81. The number of carbonyl (C=O) groups excluding carboxylic acids is 1. The summed E-state index contributed by atoms with van der Waals surface area (Å²) in [4.78, 5) is 12.2. The number of hydrogen-bond acceptors (Lipinski definition) is 3. The SMILES string of the molecule is CCC1C2CC(C(=O)OC(C)(C)C)C(C2)C1OC. The Hall–Kier alpha value is -0.570. The van der Waals surface area contributed by atoms with Crippen molar-refractivity contribution in [1.82, 2.24) is 0 Å². The quantitative estimate of drug-likeness (QED) is 0.726. The molecule has 0 aliphatic heterocycles. The fourth-order valence-electron chi connectivity index (χ4n) is 3.97. The van der Waals surface area contributed by atoms with Gasteiger partial charge < -0.3 is 9.47 Å². The lowest BCUT2D eigenvalue weighted by Crippen LogP contribution is -2.39. The molecule has 104 valence electrons. The number of esters is 1. The first-order chi connectivity index (χ1) is 8.37. The highest BCUT2D eigenvalue weighted by molar-refractivity contribution is 5.74. The molecular formula is C15H26O3. The number of rotatable bonds is 3. The zero-order valence-electron chi connectivity index (χ0n) is 12.2. The number of fused-ring (bicyclic) bond motifs is 2. The summed E-state index contributed by atoms with van der Waals surface area (Å²) in [5.41, 5.74) is -0.383. The highest BCUT2D eigenvalue weighted by atomic mass is 16.6. The lowest BCUT2D eigenvalue weighted by Gasteiger charge is -2.34. The first kappa shape index (κ1) is 13.9. The molecule has 2 saturated carbocycles. The molecule has 0 aromatic carbocycles. The van der Waals surface area contributed by atoms with E-state index in [1.54, 1.807) is 7.11 Å². The van der Waals surface area contributed by atoms with Crippen LogP contribution in [0.4, 0.5) is 0 Å². The van der Waals surface area contributed by atoms with Gasteiger partial charge in [-0.05, 0) is 51.4 Å². The summed E-state index contributed by atoms with van der Waals surface area (Å²) in [7, 11) is 1.78. The maximum atomic E-state index is 12.2. The third-order valence-electron chi connectivity index (χ3n) is 4.55. The van der Waals surface area contributed by atoms with Gasteiger partial charge in [-0.1, -0.05) is 13.3 Å². The standard InChI is InChI=1S/C15H26O3/c1-6-10-9-7-11(13(10)17-5)12(8-9)14(16)18-15(2,3)4/h9-13H,6-8H2,1-5H3. The molecule has 2 bridgehead atoms. The van der Waals surface area contributed by atoms with Crippen LogP contribution in [0.2, 0.25) is 0 Å². The van der Waals surface area contributed by atoms with Gasteiger partial charge in [-0.15, -0.1) is 0 Å². The van der Waals surface area contributed by atoms with Crippen LogP contribution in [-0.2, 0) is 14.3 Å². The summed E-state index contributed by atoms with van der Waals surface area (Å²) in [6.07, 6.45) is 3.55. The average Bonchev–Trinajstić information content (AvgIpc) is 2.82. The van der Waals surface area contributed by atoms with E-state index in [-0.39, 0.29) is 23.6 Å². The van der Waals surface area contributed by atoms with Gasteiger partial charge >= 0.3 is 5.97 Å². The first-order valence-electron chi connectivity index (χ1n) is 7.13. The van der Waals surface area contributed by atoms with Crippen LogP contribution >= 0.6 is 0 Å². The van der Waals surface area contributed by atoms with E-state index in [9.17, 15) is 4.79 Å². The summed E-state index contributed by atoms with van der Waals surface area (Å²) < 4.78 is 11.2. The molecule has 18 heavy (non-hydrogen) atoms. The Kier molecular flexibility index (Phi) is 3.72. The smallest absolute Gasteiger partial charge is 0.309 e. The third kappa shape index (κ3) is 2.42. The predicted molar refractivity (Wildman–Crippen MR) is 70.1 cm³/mol. The Labute approximate surface area is 110 Å². The number of methoxy groups -OCH3 is 1. The Morgan fingerprint density at radius 1 is 1.28 bits per heavy atom. The minimum Gasteiger partial charge on any atom is -0.460 e. The Balaban J connectivity index is 2.04. The first-order valence-corrected chi connectivity index (χ1v) is 7.13. The molecule has 2 rings (SSSR count). The molecule has 0 radical (unpaired) electrons. The van der Waals surface area contributed by atoms with E-state index < -0.39 is 0 Å². The second kappa shape index (κ2) is 4.84. The molecule has 2 aliphatic carbocycles. The predicted octanol–water partition coefficient (Wildman–Crippen LogP) is 3.03. The second-order valence-corrected chi connectivity index (χ2v) is 6.81. The lowest BCUT2D eigenvalue weighted by atomic mass is 9.78. The molecule has 0 spiro atoms. The van der Waals surface area contributed by atoms with Crippen LogP contribution < -0.4 is 0 Å². The van der Waals surface area contributed by atoms with Gasteiger partial charge in [0.05, 0.1) is 12.0 Å². The van der Waals surface area contributed by atoms with Crippen LogP contribution in [0.15, 0.2) is 0 Å². The zero-order chi connectivity index (χ0) is 13.5. The van der Waals surface area contributed by atoms with Crippen LogP contribution in [0.5, 0.6) is 0 Å². The number of carbonyl (C=O) groups is 1. The Morgan fingerprint density at radius 3 is 2.44 bits per heavy atom. The van der Waals surface area contributed by atoms with Gasteiger partial charge in [0.25, 0.3) is 0 Å². The van der Waals surface area contributed by atoms with Crippen LogP contribution in [-0.4, -0.2) is 24.8 Å². The lowest BCUT2D eigenvalue weighted by molar-refractivity contribution is -0.165. The van der Waals surface area contributed by atoms with Gasteiger partial charge in [-0.25, -0.2) is 0 Å². The number of hydrogen-bond donors (Lipinski definition) is 0. The van der Waals surface area contributed by atoms with Crippen molar-refractivity contribution in [2.45, 2.75) is 58.7 Å². The molecule has 0 amide bonds. The maximum Gasteiger partial charge on any atom is 0.309 e. The maximum absolute atomic E-state index is 12.2. The molecule has 5 atom stereocenters. The van der Waals surface area contributed by atoms with Crippen molar-refractivity contribution in [2.24, 2.45) is 23.7 Å². The molecule has 3 heteroatoms. The summed E-state index contributed by atoms with van der Waals surface area (Å²) in [6.45, 7) is 8.02. The van der Waals surface area contributed by atoms with Crippen LogP contribution in [0.3, 0.4) is 0 Å². The van der Waals surface area contributed by atoms with E-state index in [0.717, 1.165) is 19.3 Å². The molecule has 0 aromatic rings. The molecule has 5 unspecified atom stereocenters. The van der Waals surface area contributed by atoms with Crippen molar-refractivity contribution in [3.8, 4) is 0 Å². The molecule has 2 fully saturated rings. The summed E-state index contributed by atoms with van der Waals surface area (Å²) in [5.74, 6) is 1.70. The summed E-state index contributed by atoms with van der Waals surface area (Å²) in [6, 6.07) is 0. The monoisotopic (exact) mass is 254 g/mol. The van der Waals surface area contributed by atoms with Crippen molar-refractivity contribution in [3.05, 3.63) is 0 Å². The van der Waals surface area contributed by atoms with E-state index in [1.165, 1.54) is 0 Å². The van der Waals surface area contributed by atoms with Crippen molar-refractivity contribution >= 4 is 5.97 Å². The van der Waals surface area contributed by atoms with E-state index in [4.69, 9.17) is 9.47 Å². The Bertz CT molecular complexity index is 318. The fraction of sp³-hybridized carbons (Fsp3) is 0.933. The molecule has 3 nitrogen and oxygen atoms in total. The van der Waals surface area contributed by atoms with Gasteiger partial charge in [-0.2, -0.15) is 0 Å². The fourth-order valence-corrected chi connectivity index (χ4v) is 3.97. The molecule has 0 saturated heterocycles. The summed E-state index contributed by atoms with van der Waals surface area (Å²) in [5, 5.41) is 0. The van der Waals surface area contributed by atoms with Gasteiger partial charge in [-0.3, -0.25) is 4.79 Å². The van der Waals surface area contributed by atoms with E-state index in [2.05, 4.69) is 6.92 Å². The minimum atomic E-state index is -0.383. The molecule has 0 aromatic heterocycles. The van der Waals surface area contributed by atoms with Crippen LogP contribution in [0, 0.1) is 23.7 Å². The van der Waals surface area contributed by atoms with E-state index >= 15 is 0 Å².